The van der Waals surface area contributed by atoms with Crippen molar-refractivity contribution in [2.75, 3.05) is 14.2 Å². The van der Waals surface area contributed by atoms with E-state index < -0.39 is 5.97 Å². The first-order chi connectivity index (χ1) is 17.5. The maximum Gasteiger partial charge on any atom is 0.343 e. The number of hydrogen-bond acceptors (Lipinski definition) is 6. The van der Waals surface area contributed by atoms with Crippen molar-refractivity contribution in [3.8, 4) is 17.2 Å². The zero-order valence-electron chi connectivity index (χ0n) is 19.7. The van der Waals surface area contributed by atoms with E-state index in [-0.39, 0.29) is 18.1 Å². The first-order valence-electron chi connectivity index (χ1n) is 11.0. The van der Waals surface area contributed by atoms with Gasteiger partial charge in [0.1, 0.15) is 5.75 Å². The smallest absolute Gasteiger partial charge is 0.343 e. The third-order valence-corrected chi connectivity index (χ3v) is 5.91. The number of carbonyl (C=O) groups excluding carboxylic acids is 2. The van der Waals surface area contributed by atoms with Gasteiger partial charge in [0.15, 0.2) is 11.5 Å². The number of nitrogens with zero attached hydrogens (tertiary/aromatic N) is 1. The molecule has 0 saturated carbocycles. The van der Waals surface area contributed by atoms with Crippen LogP contribution < -0.4 is 19.6 Å². The van der Waals surface area contributed by atoms with Crippen LogP contribution in [0, 0.1) is 0 Å². The second kappa shape index (κ2) is 11.5. The average molecular weight is 547 g/mol. The molecule has 0 aliphatic heterocycles. The summed E-state index contributed by atoms with van der Waals surface area (Å²) in [4.78, 5) is 25.3. The van der Waals surface area contributed by atoms with E-state index in [2.05, 4.69) is 26.5 Å². The van der Waals surface area contributed by atoms with Crippen molar-refractivity contribution in [1.29, 1.82) is 0 Å². The Balaban J connectivity index is 1.46. The molecule has 0 aliphatic carbocycles. The van der Waals surface area contributed by atoms with E-state index in [0.29, 0.717) is 22.6 Å². The van der Waals surface area contributed by atoms with Crippen molar-refractivity contribution < 1.29 is 23.8 Å². The van der Waals surface area contributed by atoms with Gasteiger partial charge in [-0.2, -0.15) is 5.10 Å². The molecule has 36 heavy (non-hydrogen) atoms. The first-order valence-corrected chi connectivity index (χ1v) is 11.8. The largest absolute Gasteiger partial charge is 0.493 e. The molecule has 0 saturated heterocycles. The highest BCUT2D eigenvalue weighted by Gasteiger charge is 2.15. The van der Waals surface area contributed by atoms with E-state index in [1.807, 2.05) is 42.5 Å². The summed E-state index contributed by atoms with van der Waals surface area (Å²) in [5.74, 6) is 0.364. The molecule has 4 aromatic carbocycles. The molecule has 0 radical (unpaired) electrons. The van der Waals surface area contributed by atoms with Gasteiger partial charge in [0.2, 0.25) is 5.91 Å². The van der Waals surface area contributed by atoms with Crippen LogP contribution in [0.25, 0.3) is 10.8 Å². The molecule has 8 heteroatoms. The van der Waals surface area contributed by atoms with Gasteiger partial charge in [-0.05, 0) is 52.7 Å². The number of amides is 1. The Bertz CT molecular complexity index is 1450. The van der Waals surface area contributed by atoms with Gasteiger partial charge in [0.25, 0.3) is 0 Å². The summed E-state index contributed by atoms with van der Waals surface area (Å²) < 4.78 is 16.8. The molecule has 0 aliphatic rings. The van der Waals surface area contributed by atoms with E-state index in [0.717, 1.165) is 20.8 Å². The van der Waals surface area contributed by atoms with Gasteiger partial charge in [-0.25, -0.2) is 10.2 Å². The molecule has 0 bridgehead atoms. The molecule has 0 fully saturated rings. The van der Waals surface area contributed by atoms with Crippen LogP contribution in [0.1, 0.15) is 21.5 Å². The Labute approximate surface area is 216 Å². The highest BCUT2D eigenvalue weighted by atomic mass is 79.9. The second-order valence-corrected chi connectivity index (χ2v) is 8.67. The maximum atomic E-state index is 12.8. The predicted molar refractivity (Wildman–Crippen MR) is 142 cm³/mol. The minimum absolute atomic E-state index is 0.179. The normalized spacial score (nSPS) is 10.9. The van der Waals surface area contributed by atoms with E-state index in [1.54, 1.807) is 36.4 Å². The lowest BCUT2D eigenvalue weighted by molar-refractivity contribution is -0.120. The van der Waals surface area contributed by atoms with Gasteiger partial charge < -0.3 is 14.2 Å². The van der Waals surface area contributed by atoms with Crippen molar-refractivity contribution in [3.63, 3.8) is 0 Å². The van der Waals surface area contributed by atoms with Crippen molar-refractivity contribution >= 4 is 44.8 Å². The number of halogens is 1. The molecule has 4 rings (SSSR count). The van der Waals surface area contributed by atoms with Gasteiger partial charge in [-0.3, -0.25) is 4.79 Å². The van der Waals surface area contributed by atoms with Crippen LogP contribution in [-0.2, 0) is 11.2 Å². The fraction of sp³-hybridized carbons (Fsp3) is 0.107. The van der Waals surface area contributed by atoms with Gasteiger partial charge >= 0.3 is 5.97 Å². The number of carbonyl (C=O) groups is 2. The Morgan fingerprint density at radius 1 is 0.889 bits per heavy atom. The molecule has 0 aromatic heterocycles. The molecule has 182 valence electrons. The number of hydrogen-bond donors (Lipinski definition) is 1. The number of hydrazone groups is 1. The van der Waals surface area contributed by atoms with Crippen LogP contribution in [0.3, 0.4) is 0 Å². The van der Waals surface area contributed by atoms with E-state index >= 15 is 0 Å². The van der Waals surface area contributed by atoms with Crippen molar-refractivity contribution in [2.24, 2.45) is 5.10 Å². The third kappa shape index (κ3) is 5.90. The average Bonchev–Trinajstić information content (AvgIpc) is 2.89. The molecule has 0 heterocycles. The highest BCUT2D eigenvalue weighted by Crippen LogP contribution is 2.29. The molecule has 0 spiro atoms. The molecular weight excluding hydrogens is 524 g/mol. The molecule has 4 aromatic rings. The molecule has 1 amide bonds. The fourth-order valence-corrected chi connectivity index (χ4v) is 4.05. The van der Waals surface area contributed by atoms with Crippen LogP contribution in [0.5, 0.6) is 17.2 Å². The Hall–Kier alpha value is -4.17. The summed E-state index contributed by atoms with van der Waals surface area (Å²) in [5, 5.41) is 6.17. The topological polar surface area (TPSA) is 86.2 Å². The number of rotatable bonds is 8. The van der Waals surface area contributed by atoms with E-state index in [9.17, 15) is 9.59 Å². The van der Waals surface area contributed by atoms with Crippen LogP contribution in [0.15, 0.2) is 88.4 Å². The van der Waals surface area contributed by atoms with Gasteiger partial charge in [-0.1, -0.05) is 58.4 Å². The van der Waals surface area contributed by atoms with Crippen LogP contribution in [0.2, 0.25) is 0 Å². The number of benzene rings is 4. The SMILES string of the molecule is COc1ccc(C(=O)Oc2ccc(Br)cc2C=NNC(=O)Cc2cccc3ccccc23)cc1OC. The van der Waals surface area contributed by atoms with Crippen molar-refractivity contribution in [2.45, 2.75) is 6.42 Å². The molecular formula is C28H23BrN2O5. The number of nitrogens with one attached hydrogen (secondary N) is 1. The third-order valence-electron chi connectivity index (χ3n) is 5.42. The van der Waals surface area contributed by atoms with Gasteiger partial charge in [0.05, 0.1) is 32.4 Å². The summed E-state index contributed by atoms with van der Waals surface area (Å²) >= 11 is 3.41. The summed E-state index contributed by atoms with van der Waals surface area (Å²) in [5.41, 5.74) is 4.25. The summed E-state index contributed by atoms with van der Waals surface area (Å²) in [6.45, 7) is 0. The van der Waals surface area contributed by atoms with Crippen LogP contribution >= 0.6 is 15.9 Å². The summed E-state index contributed by atoms with van der Waals surface area (Å²) in [6.07, 6.45) is 1.61. The standard InChI is InChI=1S/C28H23BrN2O5/c1-34-25-12-10-20(15-26(25)35-2)28(33)36-24-13-11-22(29)14-21(24)17-30-31-27(32)16-19-8-5-7-18-6-3-4-9-23(18)19/h3-15,17H,16H2,1-2H3,(H,31,32). The van der Waals surface area contributed by atoms with Crippen molar-refractivity contribution in [3.05, 3.63) is 100 Å². The lowest BCUT2D eigenvalue weighted by Gasteiger charge is -2.11. The monoisotopic (exact) mass is 546 g/mol. The number of esters is 1. The van der Waals surface area contributed by atoms with Gasteiger partial charge in [0, 0.05) is 10.0 Å². The molecule has 0 unspecified atom stereocenters. The van der Waals surface area contributed by atoms with Crippen LogP contribution in [0.4, 0.5) is 0 Å². The molecule has 7 nitrogen and oxygen atoms in total. The minimum atomic E-state index is -0.576. The van der Waals surface area contributed by atoms with E-state index in [4.69, 9.17) is 14.2 Å². The predicted octanol–water partition coefficient (Wildman–Crippen LogP) is 5.53. The number of fused-ring (bicyclic) bond motifs is 1. The Morgan fingerprint density at radius 2 is 1.64 bits per heavy atom. The van der Waals surface area contributed by atoms with Crippen LogP contribution in [-0.4, -0.2) is 32.3 Å². The number of methoxy groups -OCH3 is 2. The maximum absolute atomic E-state index is 12.8. The molecule has 1 N–H and O–H groups in total. The summed E-state index contributed by atoms with van der Waals surface area (Å²) in [7, 11) is 3.01. The fourth-order valence-electron chi connectivity index (χ4n) is 3.67. The summed E-state index contributed by atoms with van der Waals surface area (Å²) in [6, 6.07) is 23.6. The van der Waals surface area contributed by atoms with E-state index in [1.165, 1.54) is 20.4 Å². The second-order valence-electron chi connectivity index (χ2n) is 7.75. The van der Waals surface area contributed by atoms with Gasteiger partial charge in [-0.15, -0.1) is 0 Å². The highest BCUT2D eigenvalue weighted by molar-refractivity contribution is 9.10. The Kier molecular flexibility index (Phi) is 7.97. The van der Waals surface area contributed by atoms with Crippen molar-refractivity contribution in [1.82, 2.24) is 5.43 Å². The number of ether oxygens (including phenoxy) is 3. The quantitative estimate of drug-likeness (QED) is 0.136. The zero-order valence-corrected chi connectivity index (χ0v) is 21.2. The zero-order chi connectivity index (χ0) is 25.5. The lowest BCUT2D eigenvalue weighted by Crippen LogP contribution is -2.20. The molecule has 0 atom stereocenters. The lowest BCUT2D eigenvalue weighted by atomic mass is 10.0. The first kappa shape index (κ1) is 24.9. The minimum Gasteiger partial charge on any atom is -0.493 e. The Morgan fingerprint density at radius 3 is 2.44 bits per heavy atom.